The van der Waals surface area contributed by atoms with E-state index in [1.807, 2.05) is 17.0 Å². The molecule has 2 rings (SSSR count). The van der Waals surface area contributed by atoms with E-state index < -0.39 is 0 Å². The van der Waals surface area contributed by atoms with Crippen molar-refractivity contribution in [2.24, 2.45) is 0 Å². The first kappa shape index (κ1) is 12.9. The van der Waals surface area contributed by atoms with Crippen molar-refractivity contribution in [3.8, 4) is 0 Å². The standard InChI is InChI=1S/C14H21N3O/c1-3-16-8-9-17(10-11(16)2)14(18)12-6-4-5-7-13(12)15/h4-7,11H,3,8-10,15H2,1-2H3. The summed E-state index contributed by atoms with van der Waals surface area (Å²) in [6, 6.07) is 7.70. The molecule has 1 aromatic carbocycles. The SMILES string of the molecule is CCN1CCN(C(=O)c2ccccc2N)CC1C. The number of hydrogen-bond donors (Lipinski definition) is 1. The number of benzene rings is 1. The van der Waals surface area contributed by atoms with Gasteiger partial charge in [0.2, 0.25) is 0 Å². The molecule has 1 saturated heterocycles. The molecule has 0 saturated carbocycles. The zero-order valence-corrected chi connectivity index (χ0v) is 11.1. The van der Waals surface area contributed by atoms with Gasteiger partial charge in [-0.05, 0) is 25.6 Å². The van der Waals surface area contributed by atoms with Crippen molar-refractivity contribution in [1.82, 2.24) is 9.80 Å². The van der Waals surface area contributed by atoms with Crippen LogP contribution in [-0.2, 0) is 0 Å². The Bertz CT molecular complexity index is 433. The van der Waals surface area contributed by atoms with Crippen LogP contribution in [0.1, 0.15) is 24.2 Å². The van der Waals surface area contributed by atoms with E-state index >= 15 is 0 Å². The molecule has 1 aromatic rings. The Hall–Kier alpha value is -1.55. The van der Waals surface area contributed by atoms with Gasteiger partial charge in [-0.25, -0.2) is 0 Å². The summed E-state index contributed by atoms with van der Waals surface area (Å²) in [5.41, 5.74) is 7.04. The van der Waals surface area contributed by atoms with Crippen LogP contribution in [0, 0.1) is 0 Å². The van der Waals surface area contributed by atoms with E-state index in [2.05, 4.69) is 18.7 Å². The van der Waals surface area contributed by atoms with Crippen LogP contribution in [0.3, 0.4) is 0 Å². The van der Waals surface area contributed by atoms with Gasteiger partial charge in [0.25, 0.3) is 5.91 Å². The second-order valence-electron chi connectivity index (χ2n) is 4.82. The summed E-state index contributed by atoms with van der Waals surface area (Å²) in [6.07, 6.45) is 0. The van der Waals surface area contributed by atoms with Crippen LogP contribution in [0.5, 0.6) is 0 Å². The lowest BCUT2D eigenvalue weighted by Crippen LogP contribution is -2.53. The quantitative estimate of drug-likeness (QED) is 0.804. The van der Waals surface area contributed by atoms with E-state index in [4.69, 9.17) is 5.73 Å². The molecular weight excluding hydrogens is 226 g/mol. The lowest BCUT2D eigenvalue weighted by molar-refractivity contribution is 0.0529. The van der Waals surface area contributed by atoms with E-state index in [9.17, 15) is 4.79 Å². The Balaban J connectivity index is 2.10. The highest BCUT2D eigenvalue weighted by Crippen LogP contribution is 2.16. The maximum absolute atomic E-state index is 12.4. The fourth-order valence-corrected chi connectivity index (χ4v) is 2.51. The molecule has 0 spiro atoms. The fourth-order valence-electron chi connectivity index (χ4n) is 2.51. The molecule has 4 heteroatoms. The van der Waals surface area contributed by atoms with E-state index in [-0.39, 0.29) is 5.91 Å². The molecule has 2 N–H and O–H groups in total. The molecule has 1 amide bonds. The predicted molar refractivity (Wildman–Crippen MR) is 73.5 cm³/mol. The first-order chi connectivity index (χ1) is 8.63. The van der Waals surface area contributed by atoms with E-state index in [0.29, 0.717) is 17.3 Å². The van der Waals surface area contributed by atoms with Gasteiger partial charge in [-0.15, -0.1) is 0 Å². The number of likely N-dealkylation sites (N-methyl/N-ethyl adjacent to an activating group) is 1. The Morgan fingerprint density at radius 2 is 2.11 bits per heavy atom. The number of piperazine rings is 1. The van der Waals surface area contributed by atoms with Crippen molar-refractivity contribution in [3.63, 3.8) is 0 Å². The maximum Gasteiger partial charge on any atom is 0.256 e. The summed E-state index contributed by atoms with van der Waals surface area (Å²) in [4.78, 5) is 16.7. The van der Waals surface area contributed by atoms with Gasteiger partial charge < -0.3 is 10.6 Å². The van der Waals surface area contributed by atoms with Gasteiger partial charge in [-0.3, -0.25) is 9.69 Å². The summed E-state index contributed by atoms with van der Waals surface area (Å²) in [5.74, 6) is 0.0516. The molecule has 1 fully saturated rings. The van der Waals surface area contributed by atoms with Crippen molar-refractivity contribution in [2.45, 2.75) is 19.9 Å². The van der Waals surface area contributed by atoms with Crippen LogP contribution in [-0.4, -0.2) is 47.9 Å². The molecule has 1 heterocycles. The lowest BCUT2D eigenvalue weighted by Gasteiger charge is -2.39. The number of carbonyl (C=O) groups excluding carboxylic acids is 1. The number of rotatable bonds is 2. The first-order valence-corrected chi connectivity index (χ1v) is 6.51. The maximum atomic E-state index is 12.4. The van der Waals surface area contributed by atoms with Gasteiger partial charge in [-0.1, -0.05) is 19.1 Å². The molecule has 1 atom stereocenters. The minimum Gasteiger partial charge on any atom is -0.398 e. The Kier molecular flexibility index (Phi) is 3.87. The normalized spacial score (nSPS) is 21.0. The summed E-state index contributed by atoms with van der Waals surface area (Å²) < 4.78 is 0. The second kappa shape index (κ2) is 5.40. The average Bonchev–Trinajstić information content (AvgIpc) is 2.38. The Morgan fingerprint density at radius 1 is 1.39 bits per heavy atom. The third kappa shape index (κ3) is 2.48. The third-order valence-electron chi connectivity index (χ3n) is 3.65. The van der Waals surface area contributed by atoms with E-state index in [1.54, 1.807) is 12.1 Å². The number of nitrogens with zero attached hydrogens (tertiary/aromatic N) is 2. The summed E-state index contributed by atoms with van der Waals surface area (Å²) in [7, 11) is 0. The molecule has 0 aromatic heterocycles. The minimum absolute atomic E-state index is 0.0516. The third-order valence-corrected chi connectivity index (χ3v) is 3.65. The number of anilines is 1. The molecule has 0 bridgehead atoms. The lowest BCUT2D eigenvalue weighted by atomic mass is 10.1. The number of carbonyl (C=O) groups is 1. The Labute approximate surface area is 108 Å². The summed E-state index contributed by atoms with van der Waals surface area (Å²) in [5, 5.41) is 0. The van der Waals surface area contributed by atoms with E-state index in [0.717, 1.165) is 26.2 Å². The number of hydrogen-bond acceptors (Lipinski definition) is 3. The van der Waals surface area contributed by atoms with Crippen molar-refractivity contribution in [3.05, 3.63) is 29.8 Å². The summed E-state index contributed by atoms with van der Waals surface area (Å²) >= 11 is 0. The van der Waals surface area contributed by atoms with E-state index in [1.165, 1.54) is 0 Å². The molecule has 18 heavy (non-hydrogen) atoms. The molecule has 0 aliphatic carbocycles. The summed E-state index contributed by atoms with van der Waals surface area (Å²) in [6.45, 7) is 7.86. The molecule has 0 radical (unpaired) electrons. The van der Waals surface area contributed by atoms with Crippen LogP contribution < -0.4 is 5.73 Å². The first-order valence-electron chi connectivity index (χ1n) is 6.51. The van der Waals surface area contributed by atoms with Crippen molar-refractivity contribution >= 4 is 11.6 Å². The number of nitrogens with two attached hydrogens (primary N) is 1. The largest absolute Gasteiger partial charge is 0.398 e. The van der Waals surface area contributed by atoms with Gasteiger partial charge in [-0.2, -0.15) is 0 Å². The fraction of sp³-hybridized carbons (Fsp3) is 0.500. The highest BCUT2D eigenvalue weighted by molar-refractivity contribution is 5.99. The van der Waals surface area contributed by atoms with Crippen molar-refractivity contribution in [1.29, 1.82) is 0 Å². The molecule has 1 aliphatic rings. The molecule has 1 aliphatic heterocycles. The monoisotopic (exact) mass is 247 g/mol. The van der Waals surface area contributed by atoms with Crippen molar-refractivity contribution in [2.75, 3.05) is 31.9 Å². The molecule has 4 nitrogen and oxygen atoms in total. The number of nitrogen functional groups attached to an aromatic ring is 1. The van der Waals surface area contributed by atoms with Crippen LogP contribution in [0.2, 0.25) is 0 Å². The second-order valence-corrected chi connectivity index (χ2v) is 4.82. The van der Waals surface area contributed by atoms with Crippen molar-refractivity contribution < 1.29 is 4.79 Å². The van der Waals surface area contributed by atoms with Gasteiger partial charge in [0, 0.05) is 31.4 Å². The van der Waals surface area contributed by atoms with Crippen LogP contribution in [0.15, 0.2) is 24.3 Å². The molecule has 1 unspecified atom stereocenters. The topological polar surface area (TPSA) is 49.6 Å². The van der Waals surface area contributed by atoms with Crippen LogP contribution >= 0.6 is 0 Å². The minimum atomic E-state index is 0.0516. The molecular formula is C14H21N3O. The van der Waals surface area contributed by atoms with Crippen LogP contribution in [0.25, 0.3) is 0 Å². The highest BCUT2D eigenvalue weighted by atomic mass is 16.2. The van der Waals surface area contributed by atoms with Gasteiger partial charge in [0.05, 0.1) is 5.56 Å². The smallest absolute Gasteiger partial charge is 0.256 e. The molecule has 98 valence electrons. The number of amides is 1. The highest BCUT2D eigenvalue weighted by Gasteiger charge is 2.26. The average molecular weight is 247 g/mol. The predicted octanol–water partition coefficient (Wildman–Crippen LogP) is 1.43. The zero-order chi connectivity index (χ0) is 13.1. The van der Waals surface area contributed by atoms with Crippen LogP contribution in [0.4, 0.5) is 5.69 Å². The van der Waals surface area contributed by atoms with Gasteiger partial charge in [0.15, 0.2) is 0 Å². The Morgan fingerprint density at radius 3 is 2.72 bits per heavy atom. The number of para-hydroxylation sites is 1. The van der Waals surface area contributed by atoms with Gasteiger partial charge in [0.1, 0.15) is 0 Å². The zero-order valence-electron chi connectivity index (χ0n) is 11.1. The van der Waals surface area contributed by atoms with Gasteiger partial charge >= 0.3 is 0 Å².